The summed E-state index contributed by atoms with van der Waals surface area (Å²) in [5.41, 5.74) is 15.6. The highest BCUT2D eigenvalue weighted by molar-refractivity contribution is 6.28. The number of benzene rings is 20. The molecule has 0 radical (unpaired) electrons. The van der Waals surface area contributed by atoms with E-state index in [1.54, 1.807) is 34.1 Å². The summed E-state index contributed by atoms with van der Waals surface area (Å²) in [6.07, 6.45) is 0. The summed E-state index contributed by atoms with van der Waals surface area (Å²) in [4.78, 5) is 5.63. The maximum Gasteiger partial charge on any atom is 0.125 e. The predicted molar refractivity (Wildman–Crippen MR) is 489 cm³/mol. The Labute approximate surface area is 709 Å². The normalized spacial score (nSPS) is 13.6. The second-order valence-electron chi connectivity index (χ2n) is 28.0. The minimum Gasteiger partial charge on any atom is -0.310 e. The molecule has 3 nitrogen and oxygen atoms in total. The van der Waals surface area contributed by atoms with E-state index in [1.165, 1.54) is 128 Å². The van der Waals surface area contributed by atoms with Gasteiger partial charge in [-0.3, -0.25) is 0 Å². The fourth-order valence-electron chi connectivity index (χ4n) is 15.4. The van der Waals surface area contributed by atoms with Gasteiger partial charge in [0.25, 0.3) is 0 Å². The van der Waals surface area contributed by atoms with E-state index < -0.39 is 132 Å². The van der Waals surface area contributed by atoms with Crippen molar-refractivity contribution < 1.29 is 36.2 Å². The summed E-state index contributed by atoms with van der Waals surface area (Å²) in [6, 6.07) is 97.6. The molecule has 5 heteroatoms. The van der Waals surface area contributed by atoms with E-state index in [4.69, 9.17) is 27.4 Å². The van der Waals surface area contributed by atoms with Gasteiger partial charge in [-0.05, 0) is 243 Å². The van der Waals surface area contributed by atoms with E-state index in [-0.39, 0.29) is 67.3 Å². The van der Waals surface area contributed by atoms with Gasteiger partial charge >= 0.3 is 0 Å². The van der Waals surface area contributed by atoms with E-state index in [0.29, 0.717) is 43.7 Å². The first-order valence-electron chi connectivity index (χ1n) is 48.0. The minimum atomic E-state index is -0.669. The highest BCUT2D eigenvalue weighted by atomic mass is 19.1. The van der Waals surface area contributed by atoms with Crippen LogP contribution in [0.25, 0.3) is 132 Å². The van der Waals surface area contributed by atoms with Crippen molar-refractivity contribution >= 4 is 83.5 Å². The van der Waals surface area contributed by atoms with Crippen molar-refractivity contribution in [1.29, 1.82) is 0 Å². The van der Waals surface area contributed by atoms with Gasteiger partial charge in [0.2, 0.25) is 0 Å². The molecule has 0 saturated carbocycles. The first-order valence-corrected chi connectivity index (χ1v) is 38.0. The van der Waals surface area contributed by atoms with Crippen LogP contribution in [0.1, 0.15) is 27.4 Å². The van der Waals surface area contributed by atoms with Crippen molar-refractivity contribution in [2.75, 3.05) is 14.7 Å². The van der Waals surface area contributed by atoms with Crippen LogP contribution in [0.2, 0.25) is 0 Å². The van der Waals surface area contributed by atoms with Crippen LogP contribution in [-0.2, 0) is 0 Å². The van der Waals surface area contributed by atoms with Crippen molar-refractivity contribution in [1.82, 2.24) is 0 Å². The average molecular weight is 1520 g/mol. The number of hydrogen-bond donors (Lipinski definition) is 0. The standard InChI is InChI=1S/C64H42F2N2.C48H35N/c65-53-23-13-25-55(41-53)67(57-37-49(43-15-5-1-6-16-43)35-50(38-57)44-17-7-2-8-18-44)61-33-29-47-28-32-60-62(34-30-48-27-31-59(61)63(47)64(48)60)68(56-26-14-24-54(66)42-56)58-39-51(45-19-9-3-10-20-45)36-52(40-58)46-21-11-4-12-22-46;1-5-13-36(14-6-1)39-21-23-43(24-22-39)47-34-33-46(35-48(47)42-19-11-4-12-20-42)49(44-29-25-40(26-30-44)37-15-7-2-8-16-37)45-31-27-41(28-32-45)38-17-9-3-10-18-38/h1-42H;1-35H/i1D,2D,3D,4D,5D,6D,7D,8D,9D,10D,11D,12D,15D,16D,17D,18D,19D,20D,21D,22D;. The third-order valence-electron chi connectivity index (χ3n) is 20.9. The van der Waals surface area contributed by atoms with Crippen LogP contribution < -0.4 is 14.7 Å². The molecule has 0 spiro atoms. The Balaban J connectivity index is 0.000000206. The highest BCUT2D eigenvalue weighted by Crippen LogP contribution is 2.51. The molecular formula is C112H77F2N3. The molecule has 554 valence electrons. The number of rotatable bonds is 18. The molecule has 0 aliphatic carbocycles. The third kappa shape index (κ3) is 15.0. The van der Waals surface area contributed by atoms with E-state index in [9.17, 15) is 0 Å². The monoisotopic (exact) mass is 1520 g/mol. The fourth-order valence-corrected chi connectivity index (χ4v) is 15.4. The molecule has 20 rings (SSSR count). The fraction of sp³-hybridized carbons (Fsp3) is 0. The van der Waals surface area contributed by atoms with Crippen LogP contribution in [0.5, 0.6) is 0 Å². The second kappa shape index (κ2) is 32.4. The first kappa shape index (κ1) is 52.8. The Morgan fingerprint density at radius 1 is 0.179 bits per heavy atom. The van der Waals surface area contributed by atoms with E-state index in [0.717, 1.165) is 17.1 Å². The maximum absolute atomic E-state index is 15.8. The van der Waals surface area contributed by atoms with Crippen LogP contribution >= 0.6 is 0 Å². The van der Waals surface area contributed by atoms with Gasteiger partial charge < -0.3 is 14.7 Å². The van der Waals surface area contributed by atoms with Crippen molar-refractivity contribution in [2.45, 2.75) is 0 Å². The Morgan fingerprint density at radius 2 is 0.479 bits per heavy atom. The Bertz CT molecular complexity index is 7480. The molecule has 0 unspecified atom stereocenters. The maximum atomic E-state index is 15.8. The molecular weight excluding hydrogens is 1430 g/mol. The minimum absolute atomic E-state index is 0.0112. The molecule has 0 N–H and O–H groups in total. The molecule has 20 aromatic rings. The molecule has 0 atom stereocenters. The summed E-state index contributed by atoms with van der Waals surface area (Å²) in [7, 11) is 0. The third-order valence-corrected chi connectivity index (χ3v) is 20.9. The summed E-state index contributed by atoms with van der Waals surface area (Å²) in [5.74, 6) is -1.33. The summed E-state index contributed by atoms with van der Waals surface area (Å²) in [6.45, 7) is 0. The number of anilines is 9. The summed E-state index contributed by atoms with van der Waals surface area (Å²) >= 11 is 0. The van der Waals surface area contributed by atoms with E-state index in [2.05, 4.69) is 217 Å². The SMILES string of the molecule is [2H]c1c([2H])c([2H])c(-c2cc(-c3c([2H])c([2H])c([2H])c([2H])c3[2H])cc(N(c3cccc(F)c3)c3ccc4ccc5c(N(c6cccc(F)c6)c6cc(-c7c([2H])c([2H])c([2H])c([2H])c7[2H])cc(-c7c([2H])c([2H])c([2H])c([2H])c7[2H])c6)ccc6ccc3c4c65)c2)c([2H])c1[2H].c1ccc(-c2ccc(-c3ccc(N(c4ccc(-c5ccccc5)cc4)c4ccc(-c5ccccc5)cc4)cc3-c3ccccc3)cc2)cc1. The molecule has 0 fully saturated rings. The lowest BCUT2D eigenvalue weighted by Crippen LogP contribution is -2.12. The van der Waals surface area contributed by atoms with Crippen LogP contribution in [-0.4, -0.2) is 0 Å². The van der Waals surface area contributed by atoms with Gasteiger partial charge in [-0.15, -0.1) is 0 Å². The largest absolute Gasteiger partial charge is 0.310 e. The van der Waals surface area contributed by atoms with Crippen molar-refractivity contribution in [3.63, 3.8) is 0 Å². The lowest BCUT2D eigenvalue weighted by Gasteiger charge is -2.30. The zero-order valence-electron chi connectivity index (χ0n) is 82.5. The number of halogens is 2. The molecule has 20 aromatic carbocycles. The number of nitrogens with zero attached hydrogens (tertiary/aromatic N) is 3. The molecule has 0 saturated heterocycles. The Morgan fingerprint density at radius 3 is 0.838 bits per heavy atom. The molecule has 0 aromatic heterocycles. The molecule has 0 aliphatic heterocycles. The zero-order chi connectivity index (χ0) is 95.8. The van der Waals surface area contributed by atoms with Gasteiger partial charge in [-0.2, -0.15) is 0 Å². The van der Waals surface area contributed by atoms with Gasteiger partial charge in [0, 0.05) is 50.6 Å². The van der Waals surface area contributed by atoms with Gasteiger partial charge in [0.1, 0.15) is 11.6 Å². The number of hydrogen-bond acceptors (Lipinski definition) is 3. The van der Waals surface area contributed by atoms with Crippen LogP contribution in [0, 0.1) is 11.6 Å². The molecule has 117 heavy (non-hydrogen) atoms. The van der Waals surface area contributed by atoms with Crippen molar-refractivity contribution in [3.05, 3.63) is 478 Å². The van der Waals surface area contributed by atoms with Gasteiger partial charge in [-0.25, -0.2) is 8.78 Å². The van der Waals surface area contributed by atoms with Gasteiger partial charge in [0.15, 0.2) is 0 Å². The quantitative estimate of drug-likeness (QED) is 0.0793. The second-order valence-corrected chi connectivity index (χ2v) is 28.0. The summed E-state index contributed by atoms with van der Waals surface area (Å²) < 4.78 is 206. The molecule has 0 amide bonds. The van der Waals surface area contributed by atoms with Crippen molar-refractivity contribution in [3.8, 4) is 100 Å². The smallest absolute Gasteiger partial charge is 0.125 e. The van der Waals surface area contributed by atoms with Gasteiger partial charge in [-0.1, -0.05) is 345 Å². The van der Waals surface area contributed by atoms with E-state index in [1.807, 2.05) is 36.4 Å². The van der Waals surface area contributed by atoms with Crippen LogP contribution in [0.15, 0.2) is 467 Å². The van der Waals surface area contributed by atoms with Crippen LogP contribution in [0.3, 0.4) is 0 Å². The van der Waals surface area contributed by atoms with Crippen molar-refractivity contribution in [2.24, 2.45) is 0 Å². The Hall–Kier alpha value is -15.3. The predicted octanol–water partition coefficient (Wildman–Crippen LogP) is 32.0. The highest BCUT2D eigenvalue weighted by Gasteiger charge is 2.26. The average Bonchev–Trinajstić information content (AvgIpc) is 0.714. The molecule has 0 heterocycles. The first-order chi connectivity index (χ1) is 66.1. The lowest BCUT2D eigenvalue weighted by molar-refractivity contribution is 0.627. The zero-order valence-corrected chi connectivity index (χ0v) is 62.5. The summed E-state index contributed by atoms with van der Waals surface area (Å²) in [5, 5.41) is 3.66. The lowest BCUT2D eigenvalue weighted by atomic mass is 9.91. The molecule has 0 aliphatic rings. The van der Waals surface area contributed by atoms with Gasteiger partial charge in [0.05, 0.1) is 38.8 Å². The topological polar surface area (TPSA) is 9.72 Å². The Kier molecular flexibility index (Phi) is 14.6. The molecule has 0 bridgehead atoms. The van der Waals surface area contributed by atoms with Crippen LogP contribution in [0.4, 0.5) is 60.0 Å². The van der Waals surface area contributed by atoms with E-state index >= 15 is 8.78 Å².